The monoisotopic (exact) mass is 401 g/mol. The molecule has 156 valence electrons. The number of aliphatic hydroxyl groups excluding tert-OH is 1. The van der Waals surface area contributed by atoms with E-state index in [4.69, 9.17) is 14.2 Å². The lowest BCUT2D eigenvalue weighted by molar-refractivity contribution is -0.139. The van der Waals surface area contributed by atoms with E-state index >= 15 is 0 Å². The Kier molecular flexibility index (Phi) is 8.03. The number of benzene rings is 1. The Morgan fingerprint density at radius 2 is 1.76 bits per heavy atom. The van der Waals surface area contributed by atoms with E-state index in [1.165, 1.54) is 0 Å². The number of allylic oxidation sites excluding steroid dienone is 1. The summed E-state index contributed by atoms with van der Waals surface area (Å²) in [5, 5.41) is 12.8. The molecule has 1 aromatic rings. The first-order valence-corrected chi connectivity index (χ1v) is 9.48. The number of carbonyl (C=O) groups excluding carboxylic acids is 2. The Bertz CT molecular complexity index is 839. The summed E-state index contributed by atoms with van der Waals surface area (Å²) in [4.78, 5) is 25.7. The second kappa shape index (κ2) is 10.5. The smallest absolute Gasteiger partial charge is 0.336 e. The third kappa shape index (κ3) is 4.86. The van der Waals surface area contributed by atoms with Crippen molar-refractivity contribution in [3.05, 3.63) is 65.0 Å². The van der Waals surface area contributed by atoms with Crippen LogP contribution in [0.4, 0.5) is 0 Å². The second-order valence-electron chi connectivity index (χ2n) is 6.23. The van der Waals surface area contributed by atoms with Crippen molar-refractivity contribution >= 4 is 11.9 Å². The van der Waals surface area contributed by atoms with Crippen molar-refractivity contribution < 1.29 is 28.9 Å². The van der Waals surface area contributed by atoms with Gasteiger partial charge in [0.25, 0.3) is 0 Å². The summed E-state index contributed by atoms with van der Waals surface area (Å²) in [6.07, 6.45) is 1.60. The Balaban J connectivity index is 2.73. The van der Waals surface area contributed by atoms with Gasteiger partial charge in [-0.15, -0.1) is 0 Å². The van der Waals surface area contributed by atoms with E-state index in [1.54, 1.807) is 51.1 Å². The number of hydrogen-bond acceptors (Lipinski definition) is 7. The van der Waals surface area contributed by atoms with Crippen LogP contribution in [0.1, 0.15) is 32.3 Å². The van der Waals surface area contributed by atoms with Crippen molar-refractivity contribution in [3.8, 4) is 5.75 Å². The molecule has 2 N–H and O–H groups in total. The summed E-state index contributed by atoms with van der Waals surface area (Å²) in [5.74, 6) is -1.51. The molecule has 0 bridgehead atoms. The number of rotatable bonds is 9. The van der Waals surface area contributed by atoms with Crippen LogP contribution in [-0.2, 0) is 19.1 Å². The molecule has 7 nitrogen and oxygen atoms in total. The van der Waals surface area contributed by atoms with Gasteiger partial charge in [0.2, 0.25) is 0 Å². The summed E-state index contributed by atoms with van der Waals surface area (Å²) < 4.78 is 16.2. The zero-order valence-electron chi connectivity index (χ0n) is 17.0. The van der Waals surface area contributed by atoms with Crippen LogP contribution in [0.2, 0.25) is 0 Å². The average molecular weight is 401 g/mol. The van der Waals surface area contributed by atoms with Gasteiger partial charge >= 0.3 is 11.9 Å². The number of aliphatic hydroxyl groups is 1. The quantitative estimate of drug-likeness (QED) is 0.485. The molecule has 0 amide bonds. The zero-order valence-corrected chi connectivity index (χ0v) is 17.0. The average Bonchev–Trinajstić information content (AvgIpc) is 2.71. The molecule has 1 aromatic carbocycles. The fourth-order valence-electron chi connectivity index (χ4n) is 3.26. The molecular formula is C22H27NO6. The standard InChI is InChI=1S/C22H27NO6/c1-5-12-29-17-11-9-8-10-15(17)19-18(21(25)27-6-2)14(4)23-16(13-24)20(19)22(26)28-7-3/h5,8-11,19,23-24H,1,6-7,12-13H2,2-4H3. The van der Waals surface area contributed by atoms with Gasteiger partial charge in [-0.2, -0.15) is 0 Å². The third-order valence-electron chi connectivity index (χ3n) is 4.38. The topological polar surface area (TPSA) is 94.1 Å². The highest BCUT2D eigenvalue weighted by Crippen LogP contribution is 2.42. The highest BCUT2D eigenvalue weighted by Gasteiger charge is 2.40. The van der Waals surface area contributed by atoms with Gasteiger partial charge in [0.05, 0.1) is 42.6 Å². The van der Waals surface area contributed by atoms with Crippen LogP contribution >= 0.6 is 0 Å². The first kappa shape index (κ1) is 22.2. The maximum Gasteiger partial charge on any atom is 0.336 e. The van der Waals surface area contributed by atoms with E-state index in [-0.39, 0.29) is 36.7 Å². The van der Waals surface area contributed by atoms with E-state index in [0.717, 1.165) is 0 Å². The molecule has 0 radical (unpaired) electrons. The van der Waals surface area contributed by atoms with Crippen molar-refractivity contribution in [1.82, 2.24) is 5.32 Å². The Morgan fingerprint density at radius 1 is 1.14 bits per heavy atom. The summed E-state index contributed by atoms with van der Waals surface area (Å²) in [7, 11) is 0. The summed E-state index contributed by atoms with van der Waals surface area (Å²) in [6.45, 7) is 8.92. The summed E-state index contributed by atoms with van der Waals surface area (Å²) >= 11 is 0. The SMILES string of the molecule is C=CCOc1ccccc1C1C(C(=O)OCC)=C(C)NC(CO)=C1C(=O)OCC. The van der Waals surface area contributed by atoms with Crippen molar-refractivity contribution in [1.29, 1.82) is 0 Å². The van der Waals surface area contributed by atoms with Gasteiger partial charge in [-0.25, -0.2) is 9.59 Å². The van der Waals surface area contributed by atoms with Gasteiger partial charge < -0.3 is 24.6 Å². The number of para-hydroxylation sites is 1. The molecule has 0 saturated heterocycles. The molecule has 1 aliphatic heterocycles. The minimum absolute atomic E-state index is 0.151. The van der Waals surface area contributed by atoms with Gasteiger partial charge in [-0.3, -0.25) is 0 Å². The Hall–Kier alpha value is -3.06. The van der Waals surface area contributed by atoms with Crippen LogP contribution in [-0.4, -0.2) is 43.5 Å². The van der Waals surface area contributed by atoms with Crippen LogP contribution in [0.5, 0.6) is 5.75 Å². The third-order valence-corrected chi connectivity index (χ3v) is 4.38. The van der Waals surface area contributed by atoms with Crippen molar-refractivity contribution in [3.63, 3.8) is 0 Å². The fraction of sp³-hybridized carbons (Fsp3) is 0.364. The number of esters is 2. The first-order chi connectivity index (χ1) is 14.0. The molecule has 1 unspecified atom stereocenters. The molecule has 7 heteroatoms. The van der Waals surface area contributed by atoms with Crippen LogP contribution < -0.4 is 10.1 Å². The van der Waals surface area contributed by atoms with Gasteiger partial charge in [0.1, 0.15) is 12.4 Å². The molecule has 0 saturated carbocycles. The summed E-state index contributed by atoms with van der Waals surface area (Å²) in [6, 6.07) is 7.11. The lowest BCUT2D eigenvalue weighted by Crippen LogP contribution is -2.34. The van der Waals surface area contributed by atoms with Gasteiger partial charge in [-0.1, -0.05) is 30.9 Å². The molecular weight excluding hydrogens is 374 g/mol. The molecule has 1 aliphatic rings. The van der Waals surface area contributed by atoms with E-state index in [2.05, 4.69) is 11.9 Å². The van der Waals surface area contributed by atoms with Crippen molar-refractivity contribution in [2.45, 2.75) is 26.7 Å². The van der Waals surface area contributed by atoms with E-state index < -0.39 is 24.5 Å². The molecule has 0 spiro atoms. The predicted molar refractivity (Wildman–Crippen MR) is 108 cm³/mol. The molecule has 0 aromatic heterocycles. The number of nitrogens with one attached hydrogen (secondary N) is 1. The molecule has 0 fully saturated rings. The molecule has 0 aliphatic carbocycles. The molecule has 2 rings (SSSR count). The molecule has 29 heavy (non-hydrogen) atoms. The Labute approximate surface area is 170 Å². The normalized spacial score (nSPS) is 16.2. The van der Waals surface area contributed by atoms with Crippen LogP contribution in [0.3, 0.4) is 0 Å². The highest BCUT2D eigenvalue weighted by atomic mass is 16.5. The number of hydrogen-bond donors (Lipinski definition) is 2. The minimum atomic E-state index is -0.822. The number of carbonyl (C=O) groups is 2. The predicted octanol–water partition coefficient (Wildman–Crippen LogP) is 2.58. The molecule has 1 atom stereocenters. The van der Waals surface area contributed by atoms with Crippen LogP contribution in [0.25, 0.3) is 0 Å². The maximum absolute atomic E-state index is 12.8. The maximum atomic E-state index is 12.8. The zero-order chi connectivity index (χ0) is 21.4. The van der Waals surface area contributed by atoms with E-state index in [0.29, 0.717) is 17.0 Å². The van der Waals surface area contributed by atoms with Crippen LogP contribution in [0.15, 0.2) is 59.5 Å². The first-order valence-electron chi connectivity index (χ1n) is 9.48. The number of dihydropyridines is 1. The van der Waals surface area contributed by atoms with Crippen molar-refractivity contribution in [2.75, 3.05) is 26.4 Å². The van der Waals surface area contributed by atoms with Crippen LogP contribution in [0, 0.1) is 0 Å². The highest BCUT2D eigenvalue weighted by molar-refractivity contribution is 6.00. The lowest BCUT2D eigenvalue weighted by Gasteiger charge is -2.31. The molecule has 1 heterocycles. The largest absolute Gasteiger partial charge is 0.489 e. The minimum Gasteiger partial charge on any atom is -0.489 e. The van der Waals surface area contributed by atoms with E-state index in [9.17, 15) is 14.7 Å². The Morgan fingerprint density at radius 3 is 2.34 bits per heavy atom. The summed E-state index contributed by atoms with van der Waals surface area (Å²) in [5.41, 5.74) is 1.77. The van der Waals surface area contributed by atoms with Gasteiger partial charge in [0.15, 0.2) is 0 Å². The van der Waals surface area contributed by atoms with Gasteiger partial charge in [0, 0.05) is 11.3 Å². The number of ether oxygens (including phenoxy) is 3. The van der Waals surface area contributed by atoms with E-state index in [1.807, 2.05) is 0 Å². The fourth-order valence-corrected chi connectivity index (χ4v) is 3.26. The lowest BCUT2D eigenvalue weighted by atomic mass is 9.80. The second-order valence-corrected chi connectivity index (χ2v) is 6.23. The van der Waals surface area contributed by atoms with Gasteiger partial charge in [-0.05, 0) is 26.8 Å². The van der Waals surface area contributed by atoms with Crippen molar-refractivity contribution in [2.24, 2.45) is 0 Å².